The zero-order valence-electron chi connectivity index (χ0n) is 20.2. The summed E-state index contributed by atoms with van der Waals surface area (Å²) in [5, 5.41) is 13.5. The molecule has 0 fully saturated rings. The molecule has 0 radical (unpaired) electrons. The van der Waals surface area contributed by atoms with Crippen molar-refractivity contribution in [3.05, 3.63) is 0 Å². The molecule has 1 unspecified atom stereocenters. The van der Waals surface area contributed by atoms with Gasteiger partial charge in [-0.05, 0) is 19.9 Å². The van der Waals surface area contributed by atoms with Crippen LogP contribution in [0.4, 0.5) is 0 Å². The minimum Gasteiger partial charge on any atom is -0.548 e. The Hall–Kier alpha value is 1.07. The van der Waals surface area contributed by atoms with Crippen molar-refractivity contribution in [2.75, 3.05) is 6.54 Å². The molecule has 0 aliphatic rings. The van der Waals surface area contributed by atoms with Gasteiger partial charge in [0.25, 0.3) is 0 Å². The smallest absolute Gasteiger partial charge is 0.548 e. The summed E-state index contributed by atoms with van der Waals surface area (Å²) < 4.78 is 0. The molecule has 0 amide bonds. The van der Waals surface area contributed by atoms with E-state index in [1.54, 1.807) is 6.92 Å². The molecule has 0 aromatic carbocycles. The molecule has 0 heterocycles. The van der Waals surface area contributed by atoms with E-state index in [1.807, 2.05) is 0 Å². The fourth-order valence-electron chi connectivity index (χ4n) is 3.78. The van der Waals surface area contributed by atoms with Crippen molar-refractivity contribution in [2.24, 2.45) is 0 Å². The molecule has 1 N–H and O–H groups in total. The van der Waals surface area contributed by atoms with Crippen molar-refractivity contribution in [1.82, 2.24) is 5.32 Å². The van der Waals surface area contributed by atoms with Crippen molar-refractivity contribution in [1.29, 1.82) is 0 Å². The molecule has 0 spiro atoms. The van der Waals surface area contributed by atoms with Gasteiger partial charge in [0, 0.05) is 6.04 Å². The van der Waals surface area contributed by atoms with Gasteiger partial charge in [0.15, 0.2) is 0 Å². The van der Waals surface area contributed by atoms with E-state index in [4.69, 9.17) is 0 Å². The topological polar surface area (TPSA) is 52.2 Å². The minimum atomic E-state index is -1.01. The molecule has 0 rings (SSSR count). The average Bonchev–Trinajstić information content (AvgIpc) is 2.68. The Bertz CT molecular complexity index is 326. The minimum absolute atomic E-state index is 0. The molecule has 0 saturated heterocycles. The summed E-state index contributed by atoms with van der Waals surface area (Å²) in [6, 6.07) is -0.527. The summed E-state index contributed by atoms with van der Waals surface area (Å²) in [5.74, 6) is -1.01. The molecular weight excluding hydrogens is 385 g/mol. The van der Waals surface area contributed by atoms with Crippen molar-refractivity contribution in [3.63, 3.8) is 0 Å². The number of carboxylic acids is 1. The normalized spacial score (nSPS) is 11.9. The van der Waals surface area contributed by atoms with E-state index in [0.717, 1.165) is 13.0 Å². The maximum atomic E-state index is 10.6. The number of nitrogens with one attached hydrogen (secondary N) is 1. The number of carbonyl (C=O) groups excluding carboxylic acids is 1. The monoisotopic (exact) mass is 435 g/mol. The maximum absolute atomic E-state index is 10.6. The fraction of sp³-hybridized carbons (Fsp3) is 0.960. The Morgan fingerprint density at radius 3 is 1.17 bits per heavy atom. The molecule has 0 aliphatic carbocycles. The van der Waals surface area contributed by atoms with E-state index in [2.05, 4.69) is 12.2 Å². The first kappa shape index (κ1) is 32.2. The third kappa shape index (κ3) is 27.0. The van der Waals surface area contributed by atoms with Crippen LogP contribution in [0.25, 0.3) is 0 Å². The van der Waals surface area contributed by atoms with Crippen LogP contribution in [0.1, 0.15) is 142 Å². The summed E-state index contributed by atoms with van der Waals surface area (Å²) in [7, 11) is 0. The quantitative estimate of drug-likeness (QED) is 0.197. The second-order valence-corrected chi connectivity index (χ2v) is 8.71. The molecule has 168 valence electrons. The summed E-state index contributed by atoms with van der Waals surface area (Å²) in [6.45, 7) is 4.72. The van der Waals surface area contributed by atoms with Crippen molar-refractivity contribution in [3.8, 4) is 0 Å². The predicted octanol–water partition coefficient (Wildman–Crippen LogP) is 3.54. The van der Waals surface area contributed by atoms with Crippen LogP contribution in [-0.4, -0.2) is 18.6 Å². The van der Waals surface area contributed by atoms with Gasteiger partial charge in [0.1, 0.15) is 0 Å². The van der Waals surface area contributed by atoms with Crippen LogP contribution in [0.15, 0.2) is 0 Å². The van der Waals surface area contributed by atoms with Crippen molar-refractivity contribution >= 4 is 5.97 Å². The van der Waals surface area contributed by atoms with Gasteiger partial charge < -0.3 is 15.2 Å². The SMILES string of the molecule is CCCCCCCCCCCCCCCCCCCCCCNC(C)C(=O)[O-].[K+]. The molecule has 0 saturated carbocycles. The van der Waals surface area contributed by atoms with Gasteiger partial charge in [-0.15, -0.1) is 0 Å². The number of carboxylic acid groups (broad SMARTS) is 1. The number of carbonyl (C=O) groups is 1. The summed E-state index contributed by atoms with van der Waals surface area (Å²) in [6.07, 6.45) is 27.7. The van der Waals surface area contributed by atoms with Crippen LogP contribution in [-0.2, 0) is 4.79 Å². The Balaban J connectivity index is 0. The molecule has 4 heteroatoms. The van der Waals surface area contributed by atoms with Crippen LogP contribution < -0.4 is 61.8 Å². The number of aliphatic carboxylic acids is 1. The zero-order valence-corrected chi connectivity index (χ0v) is 23.4. The number of hydrogen-bond acceptors (Lipinski definition) is 3. The Labute approximate surface area is 225 Å². The van der Waals surface area contributed by atoms with E-state index in [0.29, 0.717) is 0 Å². The second kappa shape index (κ2) is 27.1. The van der Waals surface area contributed by atoms with E-state index in [9.17, 15) is 9.90 Å². The van der Waals surface area contributed by atoms with Crippen LogP contribution in [0.5, 0.6) is 0 Å². The number of rotatable bonds is 23. The average molecular weight is 436 g/mol. The number of unbranched alkanes of at least 4 members (excludes halogenated alkanes) is 19. The Morgan fingerprint density at radius 2 is 0.897 bits per heavy atom. The summed E-state index contributed by atoms with van der Waals surface area (Å²) in [4.78, 5) is 10.6. The molecular formula is C25H50KNO2. The van der Waals surface area contributed by atoms with Gasteiger partial charge in [-0.1, -0.05) is 129 Å². The first-order valence-electron chi connectivity index (χ1n) is 12.6. The number of hydrogen-bond donors (Lipinski definition) is 1. The predicted molar refractivity (Wildman–Crippen MR) is 120 cm³/mol. The maximum Gasteiger partial charge on any atom is 1.00 e. The zero-order chi connectivity index (χ0) is 20.7. The van der Waals surface area contributed by atoms with Gasteiger partial charge in [-0.2, -0.15) is 0 Å². The van der Waals surface area contributed by atoms with Crippen LogP contribution in [0.3, 0.4) is 0 Å². The summed E-state index contributed by atoms with van der Waals surface area (Å²) in [5.41, 5.74) is 0. The molecule has 3 nitrogen and oxygen atoms in total. The van der Waals surface area contributed by atoms with E-state index in [1.165, 1.54) is 122 Å². The van der Waals surface area contributed by atoms with Gasteiger partial charge in [0.2, 0.25) is 0 Å². The standard InChI is InChI=1S/C25H51NO2.K/c1-3-4-5-6-7-8-9-10-11-12-13-14-15-16-17-18-19-20-21-22-23-26-24(2)25(27)28;/h24,26H,3-23H2,1-2H3,(H,27,28);/q;+1/p-1. The van der Waals surface area contributed by atoms with Gasteiger partial charge in [-0.25, -0.2) is 0 Å². The van der Waals surface area contributed by atoms with Gasteiger partial charge >= 0.3 is 51.4 Å². The van der Waals surface area contributed by atoms with Crippen LogP contribution >= 0.6 is 0 Å². The van der Waals surface area contributed by atoms with E-state index in [-0.39, 0.29) is 51.4 Å². The largest absolute Gasteiger partial charge is 1.00 e. The first-order chi connectivity index (χ1) is 13.7. The van der Waals surface area contributed by atoms with Crippen molar-refractivity contribution in [2.45, 2.75) is 148 Å². The fourth-order valence-corrected chi connectivity index (χ4v) is 3.78. The van der Waals surface area contributed by atoms with Crippen LogP contribution in [0, 0.1) is 0 Å². The Morgan fingerprint density at radius 1 is 0.621 bits per heavy atom. The summed E-state index contributed by atoms with van der Waals surface area (Å²) >= 11 is 0. The van der Waals surface area contributed by atoms with E-state index >= 15 is 0 Å². The molecule has 0 aromatic heterocycles. The van der Waals surface area contributed by atoms with Crippen LogP contribution in [0.2, 0.25) is 0 Å². The third-order valence-corrected chi connectivity index (χ3v) is 5.83. The van der Waals surface area contributed by atoms with E-state index < -0.39 is 12.0 Å². The molecule has 0 aromatic rings. The molecule has 0 aliphatic heterocycles. The molecule has 0 bridgehead atoms. The van der Waals surface area contributed by atoms with Gasteiger partial charge in [0.05, 0.1) is 5.97 Å². The second-order valence-electron chi connectivity index (χ2n) is 8.71. The third-order valence-electron chi connectivity index (χ3n) is 5.83. The molecule has 1 atom stereocenters. The van der Waals surface area contributed by atoms with Crippen molar-refractivity contribution < 1.29 is 61.3 Å². The Kier molecular flexibility index (Phi) is 30.1. The first-order valence-corrected chi connectivity index (χ1v) is 12.6. The van der Waals surface area contributed by atoms with Gasteiger partial charge in [-0.3, -0.25) is 0 Å². The molecule has 29 heavy (non-hydrogen) atoms.